The number of rotatable bonds is 5. The molecule has 0 unspecified atom stereocenters. The standard InChI is InChI=1S/C28H33Cl2FN2O3/c1-15(2)36-25-21(29)10-17(11-22(25)30)19-9-18-13-28(3,4)26(20(18)12-23(19)31)33(27(34)35)24-14-32-7-5-16(24)6-8-32/h9-12,15-16,24,26H,5-8,13-14H2,1-4H3,(H,34,35)/p-1/t24-,26+/m1/s1. The Balaban J connectivity index is 1.54. The molecule has 6 rings (SSSR count). The largest absolute Gasteiger partial charge is 0.530 e. The Morgan fingerprint density at radius 2 is 1.81 bits per heavy atom. The smallest absolute Gasteiger partial charge is 0.156 e. The molecule has 2 bridgehead atoms. The highest BCUT2D eigenvalue weighted by Crippen LogP contribution is 2.52. The maximum Gasteiger partial charge on any atom is 0.156 e. The molecule has 2 aromatic rings. The van der Waals surface area contributed by atoms with Gasteiger partial charge in [0.2, 0.25) is 0 Å². The fraction of sp³-hybridized carbons (Fsp3) is 0.536. The number of halogens is 3. The van der Waals surface area contributed by atoms with E-state index in [4.69, 9.17) is 27.9 Å². The van der Waals surface area contributed by atoms with Crippen LogP contribution in [0.2, 0.25) is 10.0 Å². The molecule has 2 aromatic carbocycles. The van der Waals surface area contributed by atoms with Gasteiger partial charge in [0.25, 0.3) is 0 Å². The zero-order valence-corrected chi connectivity index (χ0v) is 22.6. The normalized spacial score (nSPS) is 26.2. The molecule has 0 radical (unpaired) electrons. The number of nitrogens with zero attached hydrogens (tertiary/aromatic N) is 2. The van der Waals surface area contributed by atoms with E-state index in [1.54, 1.807) is 12.1 Å². The number of carboxylic acid groups (broad SMARTS) is 1. The van der Waals surface area contributed by atoms with Gasteiger partial charge in [-0.1, -0.05) is 37.0 Å². The van der Waals surface area contributed by atoms with Gasteiger partial charge in [-0.05, 0) is 98.5 Å². The molecule has 3 saturated heterocycles. The molecule has 0 spiro atoms. The zero-order chi connectivity index (χ0) is 25.9. The zero-order valence-electron chi connectivity index (χ0n) is 21.1. The molecule has 3 fully saturated rings. The van der Waals surface area contributed by atoms with Crippen LogP contribution >= 0.6 is 23.2 Å². The van der Waals surface area contributed by atoms with Gasteiger partial charge in [-0.3, -0.25) is 0 Å². The molecule has 8 heteroatoms. The fourth-order valence-electron chi connectivity index (χ4n) is 6.54. The summed E-state index contributed by atoms with van der Waals surface area (Å²) in [6, 6.07) is 6.04. The molecule has 5 nitrogen and oxygen atoms in total. The van der Waals surface area contributed by atoms with Crippen molar-refractivity contribution >= 4 is 29.3 Å². The summed E-state index contributed by atoms with van der Waals surface area (Å²) >= 11 is 12.9. The van der Waals surface area contributed by atoms with Crippen LogP contribution in [0, 0.1) is 17.2 Å². The van der Waals surface area contributed by atoms with Gasteiger partial charge in [0.15, 0.2) is 5.75 Å². The Hall–Kier alpha value is -2.02. The highest BCUT2D eigenvalue weighted by Gasteiger charge is 2.48. The molecule has 1 aliphatic carbocycles. The summed E-state index contributed by atoms with van der Waals surface area (Å²) in [6.45, 7) is 10.6. The number of carbonyl (C=O) groups excluding carboxylic acids is 1. The summed E-state index contributed by atoms with van der Waals surface area (Å²) in [5.41, 5.74) is 2.18. The van der Waals surface area contributed by atoms with Crippen molar-refractivity contribution in [2.75, 3.05) is 19.6 Å². The monoisotopic (exact) mass is 533 g/mol. The first-order valence-corrected chi connectivity index (χ1v) is 13.4. The van der Waals surface area contributed by atoms with Crippen molar-refractivity contribution in [3.63, 3.8) is 0 Å². The van der Waals surface area contributed by atoms with Gasteiger partial charge in [-0.15, -0.1) is 0 Å². The first kappa shape index (κ1) is 25.6. The highest BCUT2D eigenvalue weighted by atomic mass is 35.5. The third kappa shape index (κ3) is 4.46. The summed E-state index contributed by atoms with van der Waals surface area (Å²) in [6.07, 6.45) is 1.31. The lowest BCUT2D eigenvalue weighted by Crippen LogP contribution is -2.62. The average molecular weight is 534 g/mol. The Bertz CT molecular complexity index is 1170. The van der Waals surface area contributed by atoms with E-state index in [0.29, 0.717) is 45.8 Å². The maximum absolute atomic E-state index is 15.7. The minimum atomic E-state index is -1.18. The molecular weight excluding hydrogens is 502 g/mol. The van der Waals surface area contributed by atoms with Crippen LogP contribution in [0.3, 0.4) is 0 Å². The predicted octanol–water partition coefficient (Wildman–Crippen LogP) is 5.95. The molecule has 0 N–H and O–H groups in total. The lowest BCUT2D eigenvalue weighted by molar-refractivity contribution is -0.276. The first-order chi connectivity index (χ1) is 17.0. The summed E-state index contributed by atoms with van der Waals surface area (Å²) in [5, 5.41) is 13.2. The van der Waals surface area contributed by atoms with Crippen LogP contribution in [0.1, 0.15) is 57.7 Å². The molecule has 2 atom stereocenters. The second kappa shape index (κ2) is 9.38. The molecule has 1 amide bonds. The highest BCUT2D eigenvalue weighted by molar-refractivity contribution is 6.37. The van der Waals surface area contributed by atoms with Gasteiger partial charge in [0.1, 0.15) is 11.9 Å². The number of hydrogen-bond acceptors (Lipinski definition) is 4. The van der Waals surface area contributed by atoms with E-state index < -0.39 is 23.4 Å². The van der Waals surface area contributed by atoms with Crippen molar-refractivity contribution in [2.45, 2.75) is 65.1 Å². The van der Waals surface area contributed by atoms with E-state index in [1.165, 1.54) is 11.0 Å². The number of fused-ring (bicyclic) bond motifs is 4. The third-order valence-corrected chi connectivity index (χ3v) is 8.60. The third-order valence-electron chi connectivity index (χ3n) is 8.04. The first-order valence-electron chi connectivity index (χ1n) is 12.7. The van der Waals surface area contributed by atoms with Crippen molar-refractivity contribution in [1.29, 1.82) is 0 Å². The quantitative estimate of drug-likeness (QED) is 0.476. The van der Waals surface area contributed by atoms with Gasteiger partial charge in [0, 0.05) is 18.2 Å². The summed E-state index contributed by atoms with van der Waals surface area (Å²) < 4.78 is 21.4. The molecule has 3 aliphatic heterocycles. The van der Waals surface area contributed by atoms with Crippen molar-refractivity contribution in [2.24, 2.45) is 11.3 Å². The van der Waals surface area contributed by atoms with Crippen LogP contribution in [0.4, 0.5) is 9.18 Å². The topological polar surface area (TPSA) is 55.8 Å². The van der Waals surface area contributed by atoms with Gasteiger partial charge in [-0.2, -0.15) is 0 Å². The van der Waals surface area contributed by atoms with Crippen LogP contribution < -0.4 is 9.84 Å². The maximum atomic E-state index is 15.7. The average Bonchev–Trinajstić information content (AvgIpc) is 3.05. The van der Waals surface area contributed by atoms with E-state index >= 15 is 4.39 Å². The van der Waals surface area contributed by atoms with E-state index in [9.17, 15) is 9.90 Å². The molecule has 4 aliphatic rings. The number of carbonyl (C=O) groups is 1. The number of amides is 1. The minimum Gasteiger partial charge on any atom is -0.530 e. The van der Waals surface area contributed by atoms with Crippen LogP contribution in [-0.4, -0.2) is 47.7 Å². The van der Waals surface area contributed by atoms with Crippen LogP contribution in [0.15, 0.2) is 24.3 Å². The van der Waals surface area contributed by atoms with Gasteiger partial charge < -0.3 is 24.4 Å². The Morgan fingerprint density at radius 3 is 2.33 bits per heavy atom. The van der Waals surface area contributed by atoms with E-state index in [2.05, 4.69) is 18.7 Å². The Kier molecular flexibility index (Phi) is 6.67. The molecule has 36 heavy (non-hydrogen) atoms. The van der Waals surface area contributed by atoms with Crippen molar-refractivity contribution in [3.05, 3.63) is 51.3 Å². The molecule has 0 saturated carbocycles. The number of ether oxygens (including phenoxy) is 1. The number of hydrogen-bond donors (Lipinski definition) is 0. The van der Waals surface area contributed by atoms with Gasteiger partial charge >= 0.3 is 0 Å². The summed E-state index contributed by atoms with van der Waals surface area (Å²) in [5.74, 6) is 0.253. The second-order valence-electron chi connectivity index (χ2n) is 11.4. The minimum absolute atomic E-state index is 0.107. The predicted molar refractivity (Wildman–Crippen MR) is 138 cm³/mol. The summed E-state index contributed by atoms with van der Waals surface area (Å²) in [7, 11) is 0. The van der Waals surface area contributed by atoms with Crippen LogP contribution in [0.25, 0.3) is 11.1 Å². The second-order valence-corrected chi connectivity index (χ2v) is 12.2. The van der Waals surface area contributed by atoms with Gasteiger partial charge in [0.05, 0.1) is 22.2 Å². The van der Waals surface area contributed by atoms with E-state index in [1.807, 2.05) is 19.9 Å². The summed E-state index contributed by atoms with van der Waals surface area (Å²) in [4.78, 5) is 16.4. The Morgan fingerprint density at radius 1 is 1.17 bits per heavy atom. The van der Waals surface area contributed by atoms with Crippen molar-refractivity contribution in [1.82, 2.24) is 9.80 Å². The van der Waals surface area contributed by atoms with E-state index in [-0.39, 0.29) is 12.1 Å². The molecule has 194 valence electrons. The van der Waals surface area contributed by atoms with E-state index in [0.717, 1.165) is 37.1 Å². The van der Waals surface area contributed by atoms with Gasteiger partial charge in [-0.25, -0.2) is 4.39 Å². The lowest BCUT2D eigenvalue weighted by Gasteiger charge is -2.53. The molecular formula is C28H32Cl2FN2O3-. The van der Waals surface area contributed by atoms with Crippen LogP contribution in [0.5, 0.6) is 5.75 Å². The van der Waals surface area contributed by atoms with Crippen molar-refractivity contribution in [3.8, 4) is 16.9 Å². The fourth-order valence-corrected chi connectivity index (χ4v) is 7.12. The van der Waals surface area contributed by atoms with Crippen molar-refractivity contribution < 1.29 is 19.0 Å². The van der Waals surface area contributed by atoms with Crippen LogP contribution in [-0.2, 0) is 6.42 Å². The molecule has 0 aromatic heterocycles. The number of piperidine rings is 3. The molecule has 3 heterocycles. The Labute approximate surface area is 222 Å². The lowest BCUT2D eigenvalue weighted by atomic mass is 9.79. The SMILES string of the molecule is CC(C)Oc1c(Cl)cc(-c2cc3c(cc2F)[C@H](N(C(=O)[O-])[C@@H]2CN4CCC2CC4)C(C)(C)C3)cc1Cl. The number of benzene rings is 2.